The summed E-state index contributed by atoms with van der Waals surface area (Å²) in [4.78, 5) is 11.0. The Labute approximate surface area is 78.7 Å². The molecule has 1 aromatic heterocycles. The Morgan fingerprint density at radius 2 is 2.17 bits per heavy atom. The lowest BCUT2D eigenvalue weighted by molar-refractivity contribution is 0.165. The Hall–Kier alpha value is -0.770. The normalized spacial score (nSPS) is 12.9. The van der Waals surface area contributed by atoms with Gasteiger partial charge in [-0.1, -0.05) is 15.9 Å². The Bertz CT molecular complexity index is 343. The topological polar surface area (TPSA) is 42.2 Å². The van der Waals surface area contributed by atoms with Crippen LogP contribution in [0.4, 0.5) is 0 Å². The van der Waals surface area contributed by atoms with Gasteiger partial charge in [0.05, 0.1) is 10.5 Å². The summed E-state index contributed by atoms with van der Waals surface area (Å²) in [7, 11) is 0. The molecule has 0 spiro atoms. The molecule has 1 atom stereocenters. The second-order valence-corrected chi connectivity index (χ2v) is 4.10. The zero-order chi connectivity index (χ0) is 9.30. The van der Waals surface area contributed by atoms with Crippen LogP contribution in [0, 0.1) is 6.92 Å². The Morgan fingerprint density at radius 1 is 1.58 bits per heavy atom. The van der Waals surface area contributed by atoms with Crippen molar-refractivity contribution in [3.63, 3.8) is 0 Å². The van der Waals surface area contributed by atoms with E-state index in [1.54, 1.807) is 6.07 Å². The van der Waals surface area contributed by atoms with Gasteiger partial charge in [0.25, 0.3) is 5.56 Å². The van der Waals surface area contributed by atoms with Gasteiger partial charge in [0.2, 0.25) is 0 Å². The largest absolute Gasteiger partial charge is 0.425 e. The van der Waals surface area contributed by atoms with Crippen molar-refractivity contribution in [3.05, 3.63) is 33.7 Å². The number of aromatic nitrogens is 1. The molecule has 66 valence electrons. The van der Waals surface area contributed by atoms with Crippen molar-refractivity contribution in [1.82, 2.24) is 4.73 Å². The smallest absolute Gasteiger partial charge is 0.283 e. The highest BCUT2D eigenvalue weighted by Crippen LogP contribution is 2.19. The zero-order valence-corrected chi connectivity index (χ0v) is 8.50. The molecule has 3 nitrogen and oxygen atoms in total. The van der Waals surface area contributed by atoms with Crippen LogP contribution < -0.4 is 5.56 Å². The summed E-state index contributed by atoms with van der Waals surface area (Å²) >= 11 is 3.28. The summed E-state index contributed by atoms with van der Waals surface area (Å²) in [5.41, 5.74) is 1.03. The highest BCUT2D eigenvalue weighted by atomic mass is 79.9. The number of pyridine rings is 1. The van der Waals surface area contributed by atoms with E-state index in [0.717, 1.165) is 5.56 Å². The number of halogens is 1. The lowest BCUT2D eigenvalue weighted by atomic mass is 10.2. The van der Waals surface area contributed by atoms with Gasteiger partial charge in [-0.05, 0) is 25.5 Å². The van der Waals surface area contributed by atoms with Crippen LogP contribution in [-0.2, 0) is 0 Å². The summed E-state index contributed by atoms with van der Waals surface area (Å²) < 4.78 is 0.659. The van der Waals surface area contributed by atoms with Gasteiger partial charge in [-0.15, -0.1) is 0 Å². The molecule has 12 heavy (non-hydrogen) atoms. The van der Waals surface area contributed by atoms with Crippen molar-refractivity contribution in [2.24, 2.45) is 0 Å². The third kappa shape index (κ3) is 1.69. The lowest BCUT2D eigenvalue weighted by Gasteiger charge is -2.08. The van der Waals surface area contributed by atoms with E-state index in [1.807, 2.05) is 13.8 Å². The van der Waals surface area contributed by atoms with Gasteiger partial charge >= 0.3 is 0 Å². The van der Waals surface area contributed by atoms with Gasteiger partial charge < -0.3 is 5.21 Å². The molecule has 0 aliphatic heterocycles. The van der Waals surface area contributed by atoms with Crippen LogP contribution in [-0.4, -0.2) is 9.94 Å². The van der Waals surface area contributed by atoms with E-state index in [-0.39, 0.29) is 4.83 Å². The first kappa shape index (κ1) is 9.32. The number of hydrogen-bond acceptors (Lipinski definition) is 2. The maximum absolute atomic E-state index is 11.1. The molecule has 1 aromatic rings. The van der Waals surface area contributed by atoms with Crippen molar-refractivity contribution in [1.29, 1.82) is 0 Å². The molecule has 4 heteroatoms. The van der Waals surface area contributed by atoms with E-state index in [2.05, 4.69) is 15.9 Å². The minimum absolute atomic E-state index is 0.0323. The van der Waals surface area contributed by atoms with E-state index in [0.29, 0.717) is 10.4 Å². The van der Waals surface area contributed by atoms with Crippen LogP contribution in [0.25, 0.3) is 0 Å². The SMILES string of the molecule is Cc1cc(C(C)Br)n(O)c(=O)c1. The van der Waals surface area contributed by atoms with Crippen molar-refractivity contribution >= 4 is 15.9 Å². The van der Waals surface area contributed by atoms with Crippen LogP contribution in [0.5, 0.6) is 0 Å². The first-order valence-electron chi connectivity index (χ1n) is 3.59. The molecule has 0 bridgehead atoms. The lowest BCUT2D eigenvalue weighted by Crippen LogP contribution is -2.20. The fourth-order valence-electron chi connectivity index (χ4n) is 1.00. The molecule has 0 fully saturated rings. The van der Waals surface area contributed by atoms with Gasteiger partial charge in [-0.25, -0.2) is 0 Å². The van der Waals surface area contributed by atoms with Crippen molar-refractivity contribution in [3.8, 4) is 0 Å². The highest BCUT2D eigenvalue weighted by Gasteiger charge is 2.08. The Morgan fingerprint density at radius 3 is 2.67 bits per heavy atom. The van der Waals surface area contributed by atoms with Gasteiger partial charge in [-0.2, -0.15) is 4.73 Å². The average Bonchev–Trinajstić information content (AvgIpc) is 1.96. The first-order valence-corrected chi connectivity index (χ1v) is 4.51. The third-order valence-electron chi connectivity index (χ3n) is 1.59. The van der Waals surface area contributed by atoms with E-state index in [1.165, 1.54) is 6.07 Å². The van der Waals surface area contributed by atoms with Crippen LogP contribution in [0.2, 0.25) is 0 Å². The number of aryl methyl sites for hydroxylation is 1. The summed E-state index contributed by atoms with van der Waals surface area (Å²) in [6.07, 6.45) is 0. The third-order valence-corrected chi connectivity index (χ3v) is 2.06. The van der Waals surface area contributed by atoms with E-state index in [4.69, 9.17) is 0 Å². The van der Waals surface area contributed by atoms with Crippen LogP contribution in [0.3, 0.4) is 0 Å². The summed E-state index contributed by atoms with van der Waals surface area (Å²) in [6.45, 7) is 3.67. The molecule has 0 amide bonds. The molecule has 1 N–H and O–H groups in total. The van der Waals surface area contributed by atoms with Crippen LogP contribution in [0.15, 0.2) is 16.9 Å². The van der Waals surface area contributed by atoms with Gasteiger partial charge in [0.15, 0.2) is 0 Å². The van der Waals surface area contributed by atoms with Crippen molar-refractivity contribution < 1.29 is 5.21 Å². The van der Waals surface area contributed by atoms with E-state index >= 15 is 0 Å². The van der Waals surface area contributed by atoms with Crippen molar-refractivity contribution in [2.45, 2.75) is 18.7 Å². The van der Waals surface area contributed by atoms with Crippen molar-refractivity contribution in [2.75, 3.05) is 0 Å². The monoisotopic (exact) mass is 231 g/mol. The van der Waals surface area contributed by atoms with Gasteiger partial charge in [-0.3, -0.25) is 4.79 Å². The number of alkyl halides is 1. The maximum atomic E-state index is 11.1. The first-order chi connectivity index (χ1) is 5.52. The van der Waals surface area contributed by atoms with Crippen LogP contribution in [0.1, 0.15) is 23.0 Å². The molecule has 1 unspecified atom stereocenters. The molecule has 0 saturated carbocycles. The molecular weight excluding hydrogens is 222 g/mol. The minimum Gasteiger partial charge on any atom is -0.425 e. The molecule has 0 aliphatic carbocycles. The second kappa shape index (κ2) is 3.31. The predicted molar refractivity (Wildman–Crippen MR) is 50.0 cm³/mol. The molecule has 1 heterocycles. The summed E-state index contributed by atoms with van der Waals surface area (Å²) in [6, 6.07) is 3.15. The fourth-order valence-corrected chi connectivity index (χ4v) is 1.33. The van der Waals surface area contributed by atoms with E-state index < -0.39 is 5.56 Å². The fraction of sp³-hybridized carbons (Fsp3) is 0.375. The molecule has 0 aromatic carbocycles. The Kier molecular flexibility index (Phi) is 2.57. The summed E-state index contributed by atoms with van der Waals surface area (Å²) in [5, 5.41) is 9.27. The van der Waals surface area contributed by atoms with Crippen LogP contribution >= 0.6 is 15.9 Å². The average molecular weight is 232 g/mol. The zero-order valence-electron chi connectivity index (χ0n) is 6.91. The van der Waals surface area contributed by atoms with Gasteiger partial charge in [0, 0.05) is 6.07 Å². The number of rotatable bonds is 1. The minimum atomic E-state index is -0.392. The maximum Gasteiger partial charge on any atom is 0.283 e. The molecule has 0 saturated heterocycles. The van der Waals surface area contributed by atoms with Gasteiger partial charge in [0.1, 0.15) is 0 Å². The highest BCUT2D eigenvalue weighted by molar-refractivity contribution is 9.09. The molecule has 0 radical (unpaired) electrons. The molecular formula is C8H10BrNO2. The summed E-state index contributed by atoms with van der Waals surface area (Å²) in [5.74, 6) is 0. The Balaban J connectivity index is 3.38. The molecule has 0 aliphatic rings. The predicted octanol–water partition coefficient (Wildman–Crippen LogP) is 1.85. The standard InChI is InChI=1S/C8H10BrNO2/c1-5-3-7(6(2)9)10(12)8(11)4-5/h3-4,6,12H,1-2H3. The number of nitrogens with zero attached hydrogens (tertiary/aromatic N) is 1. The second-order valence-electron chi connectivity index (χ2n) is 2.72. The molecule has 1 rings (SSSR count). The number of hydrogen-bond donors (Lipinski definition) is 1. The van der Waals surface area contributed by atoms with E-state index in [9.17, 15) is 10.0 Å². The quantitative estimate of drug-likeness (QED) is 0.593.